The largest absolute Gasteiger partial charge is 0.497 e. The number of rotatable bonds is 10. The van der Waals surface area contributed by atoms with Crippen molar-refractivity contribution in [3.8, 4) is 5.75 Å². The van der Waals surface area contributed by atoms with E-state index in [2.05, 4.69) is 9.88 Å². The first-order valence-electron chi connectivity index (χ1n) is 11.8. The number of thioether (sulfide) groups is 1. The molecular formula is C27H32Cl2F2N2O3S. The average molecular weight is 574 g/mol. The molecule has 5 nitrogen and oxygen atoms in total. The Balaban J connectivity index is 0.00000241. The number of ether oxygens (including phenoxy) is 1. The van der Waals surface area contributed by atoms with Crippen LogP contribution in [0.4, 0.5) is 8.78 Å². The Bertz CT molecular complexity index is 1170. The van der Waals surface area contributed by atoms with Gasteiger partial charge in [0.15, 0.2) is 0 Å². The number of fused-ring (bicyclic) bond motifs is 1. The van der Waals surface area contributed by atoms with Crippen molar-refractivity contribution in [3.05, 3.63) is 66.1 Å². The number of carboxylic acids is 1. The summed E-state index contributed by atoms with van der Waals surface area (Å²) in [5, 5.41) is 10.6. The number of hydrogen-bond acceptors (Lipinski definition) is 5. The highest BCUT2D eigenvalue weighted by Crippen LogP contribution is 2.35. The van der Waals surface area contributed by atoms with Crippen molar-refractivity contribution in [2.45, 2.75) is 30.3 Å². The molecule has 0 saturated carbocycles. The Labute approximate surface area is 232 Å². The summed E-state index contributed by atoms with van der Waals surface area (Å²) in [5.74, 6) is -0.275. The SMILES string of the molecule is COc1ccc2nccc([C@H](F)CC[C@@H]3CCN(CCSc4cccc(F)c4)C[C@@H]3C(=O)O)c2c1.Cl.Cl. The van der Waals surface area contributed by atoms with Crippen LogP contribution >= 0.6 is 36.6 Å². The lowest BCUT2D eigenvalue weighted by Gasteiger charge is -2.36. The Morgan fingerprint density at radius 2 is 2.05 bits per heavy atom. The number of halogens is 4. The van der Waals surface area contributed by atoms with Crippen LogP contribution in [0.2, 0.25) is 0 Å². The number of hydrogen-bond donors (Lipinski definition) is 1. The molecule has 2 aromatic carbocycles. The van der Waals surface area contributed by atoms with Crippen molar-refractivity contribution < 1.29 is 23.4 Å². The molecule has 1 saturated heterocycles. The standard InChI is InChI=1S/C27H30F2N2O3S.2ClH/c1-34-20-6-8-26-23(16-20)22(9-11-30-26)25(29)7-5-18-10-12-31(17-24(18)27(32)33)13-14-35-21-4-2-3-19(28)15-21;;/h2-4,6,8-9,11,15-16,18,24-25H,5,7,10,12-14,17H2,1H3,(H,32,33);2*1H/t18-,24+,25-;;/m1../s1. The lowest BCUT2D eigenvalue weighted by Crippen LogP contribution is -2.44. The number of pyridine rings is 1. The molecule has 0 spiro atoms. The molecule has 37 heavy (non-hydrogen) atoms. The van der Waals surface area contributed by atoms with Gasteiger partial charge in [-0.25, -0.2) is 8.78 Å². The second-order valence-electron chi connectivity index (χ2n) is 8.93. The van der Waals surface area contributed by atoms with E-state index in [1.165, 1.54) is 12.1 Å². The molecule has 4 rings (SSSR count). The van der Waals surface area contributed by atoms with E-state index >= 15 is 4.39 Å². The van der Waals surface area contributed by atoms with Gasteiger partial charge in [-0.15, -0.1) is 36.6 Å². The summed E-state index contributed by atoms with van der Waals surface area (Å²) in [4.78, 5) is 19.3. The fraction of sp³-hybridized carbons (Fsp3) is 0.407. The molecule has 2 heterocycles. The molecule has 3 aromatic rings. The van der Waals surface area contributed by atoms with Crippen LogP contribution in [0.15, 0.2) is 59.6 Å². The fourth-order valence-electron chi connectivity index (χ4n) is 4.81. The van der Waals surface area contributed by atoms with Crippen molar-refractivity contribution in [1.82, 2.24) is 9.88 Å². The van der Waals surface area contributed by atoms with Gasteiger partial charge >= 0.3 is 5.97 Å². The van der Waals surface area contributed by atoms with Gasteiger partial charge in [0.05, 0.1) is 18.5 Å². The van der Waals surface area contributed by atoms with Crippen molar-refractivity contribution in [3.63, 3.8) is 0 Å². The zero-order valence-corrected chi connectivity index (χ0v) is 23.0. The van der Waals surface area contributed by atoms with Gasteiger partial charge in [-0.3, -0.25) is 9.78 Å². The van der Waals surface area contributed by atoms with Crippen molar-refractivity contribution in [2.24, 2.45) is 11.8 Å². The lowest BCUT2D eigenvalue weighted by molar-refractivity contribution is -0.146. The molecule has 3 atom stereocenters. The number of aliphatic carboxylic acids is 1. The van der Waals surface area contributed by atoms with Crippen LogP contribution in [0.3, 0.4) is 0 Å². The minimum atomic E-state index is -1.21. The van der Waals surface area contributed by atoms with Gasteiger partial charge in [-0.2, -0.15) is 0 Å². The fourth-order valence-corrected chi connectivity index (χ4v) is 5.76. The van der Waals surface area contributed by atoms with Gasteiger partial charge < -0.3 is 14.7 Å². The van der Waals surface area contributed by atoms with Crippen molar-refractivity contribution in [2.75, 3.05) is 32.5 Å². The Hall–Kier alpha value is -2.13. The molecule has 202 valence electrons. The zero-order valence-electron chi connectivity index (χ0n) is 20.5. The van der Waals surface area contributed by atoms with Gasteiger partial charge in [0, 0.05) is 35.3 Å². The highest BCUT2D eigenvalue weighted by Gasteiger charge is 2.34. The summed E-state index contributed by atoms with van der Waals surface area (Å²) in [6.45, 7) is 1.97. The van der Waals surface area contributed by atoms with Crippen LogP contribution in [0.1, 0.15) is 31.0 Å². The summed E-state index contributed by atoms with van der Waals surface area (Å²) in [7, 11) is 1.57. The Morgan fingerprint density at radius 3 is 2.78 bits per heavy atom. The van der Waals surface area contributed by atoms with E-state index < -0.39 is 18.1 Å². The molecule has 0 aliphatic carbocycles. The minimum Gasteiger partial charge on any atom is -0.497 e. The van der Waals surface area contributed by atoms with E-state index in [1.54, 1.807) is 49.3 Å². The maximum absolute atomic E-state index is 15.4. The van der Waals surface area contributed by atoms with Crippen LogP contribution in [0.5, 0.6) is 5.75 Å². The van der Waals surface area contributed by atoms with Gasteiger partial charge in [0.1, 0.15) is 17.7 Å². The summed E-state index contributed by atoms with van der Waals surface area (Å²) in [6.07, 6.45) is 1.90. The third-order valence-corrected chi connectivity index (χ3v) is 7.71. The van der Waals surface area contributed by atoms with Crippen LogP contribution < -0.4 is 4.74 Å². The highest BCUT2D eigenvalue weighted by molar-refractivity contribution is 7.99. The van der Waals surface area contributed by atoms with Gasteiger partial charge in [0.2, 0.25) is 0 Å². The third-order valence-electron chi connectivity index (χ3n) is 6.74. The van der Waals surface area contributed by atoms with Crippen LogP contribution in [-0.4, -0.2) is 53.5 Å². The van der Waals surface area contributed by atoms with Gasteiger partial charge in [0.25, 0.3) is 0 Å². The second kappa shape index (κ2) is 14.7. The monoisotopic (exact) mass is 572 g/mol. The summed E-state index contributed by atoms with van der Waals surface area (Å²) < 4.78 is 34.0. The number of nitrogens with zero attached hydrogens (tertiary/aromatic N) is 2. The number of benzene rings is 2. The first kappa shape index (κ1) is 31.1. The molecular weight excluding hydrogens is 541 g/mol. The maximum atomic E-state index is 15.4. The van der Waals surface area contributed by atoms with Crippen LogP contribution in [0.25, 0.3) is 10.9 Å². The molecule has 0 unspecified atom stereocenters. The van der Waals surface area contributed by atoms with E-state index in [-0.39, 0.29) is 43.0 Å². The van der Waals surface area contributed by atoms with Crippen molar-refractivity contribution in [1.29, 1.82) is 0 Å². The summed E-state index contributed by atoms with van der Waals surface area (Å²) in [5.41, 5.74) is 1.27. The van der Waals surface area contributed by atoms with Gasteiger partial charge in [-0.05, 0) is 79.8 Å². The first-order valence-corrected chi connectivity index (χ1v) is 12.8. The van der Waals surface area contributed by atoms with E-state index in [0.29, 0.717) is 29.8 Å². The number of aromatic nitrogens is 1. The molecule has 10 heteroatoms. The molecule has 1 fully saturated rings. The smallest absolute Gasteiger partial charge is 0.308 e. The van der Waals surface area contributed by atoms with E-state index in [4.69, 9.17) is 4.74 Å². The highest BCUT2D eigenvalue weighted by atomic mass is 35.5. The summed E-state index contributed by atoms with van der Waals surface area (Å²) >= 11 is 1.56. The van der Waals surface area contributed by atoms with Crippen LogP contribution in [0, 0.1) is 17.7 Å². The quantitative estimate of drug-likeness (QED) is 0.268. The topological polar surface area (TPSA) is 62.7 Å². The number of carboxylic acid groups (broad SMARTS) is 1. The molecule has 0 radical (unpaired) electrons. The number of carbonyl (C=O) groups is 1. The molecule has 0 bridgehead atoms. The molecule has 1 aliphatic rings. The predicted octanol–water partition coefficient (Wildman–Crippen LogP) is 6.83. The first-order chi connectivity index (χ1) is 16.9. The van der Waals surface area contributed by atoms with Gasteiger partial charge in [-0.1, -0.05) is 6.07 Å². The van der Waals surface area contributed by atoms with E-state index in [9.17, 15) is 14.3 Å². The molecule has 0 amide bonds. The number of methoxy groups -OCH3 is 1. The number of alkyl halides is 1. The van der Waals surface area contributed by atoms with Crippen molar-refractivity contribution >= 4 is 53.4 Å². The number of likely N-dealkylation sites (tertiary alicyclic amines) is 1. The maximum Gasteiger partial charge on any atom is 0.308 e. The summed E-state index contributed by atoms with van der Waals surface area (Å²) in [6, 6.07) is 13.6. The number of piperidine rings is 1. The lowest BCUT2D eigenvalue weighted by atomic mass is 9.81. The average Bonchev–Trinajstić information content (AvgIpc) is 2.87. The minimum absolute atomic E-state index is 0. The normalized spacial score (nSPS) is 18.5. The third kappa shape index (κ3) is 8.18. The zero-order chi connectivity index (χ0) is 24.8. The second-order valence-corrected chi connectivity index (χ2v) is 10.1. The van der Waals surface area contributed by atoms with E-state index in [0.717, 1.165) is 35.5 Å². The Kier molecular flexibility index (Phi) is 12.4. The molecule has 1 aliphatic heterocycles. The molecule has 1 aromatic heterocycles. The van der Waals surface area contributed by atoms with E-state index in [1.807, 2.05) is 12.1 Å². The van der Waals surface area contributed by atoms with Crippen LogP contribution in [-0.2, 0) is 4.79 Å². The molecule has 1 N–H and O–H groups in total. The Morgan fingerprint density at radius 1 is 1.24 bits per heavy atom. The predicted molar refractivity (Wildman–Crippen MR) is 149 cm³/mol.